The molecule has 0 aromatic heterocycles. The van der Waals surface area contributed by atoms with Crippen molar-refractivity contribution >= 4 is 63.4 Å². The minimum Gasteiger partial charge on any atom is -0.477 e. The molecule has 2 aromatic carbocycles. The molecule has 8 heteroatoms. The van der Waals surface area contributed by atoms with E-state index in [0.717, 1.165) is 3.57 Å². The Kier molecular flexibility index (Phi) is 7.34. The second kappa shape index (κ2) is 9.26. The van der Waals surface area contributed by atoms with Gasteiger partial charge in [-0.1, -0.05) is 35.3 Å². The Labute approximate surface area is 168 Å². The number of para-hydroxylation sites is 1. The van der Waals surface area contributed by atoms with Gasteiger partial charge in [0.15, 0.2) is 12.7 Å². The van der Waals surface area contributed by atoms with Crippen LogP contribution < -0.4 is 10.1 Å². The lowest BCUT2D eigenvalue weighted by Gasteiger charge is -2.15. The molecule has 1 atom stereocenters. The Morgan fingerprint density at radius 1 is 1.20 bits per heavy atom. The molecule has 0 heterocycles. The van der Waals surface area contributed by atoms with Gasteiger partial charge in [-0.2, -0.15) is 0 Å². The zero-order valence-electron chi connectivity index (χ0n) is 13.1. The summed E-state index contributed by atoms with van der Waals surface area (Å²) in [5.74, 6) is -0.808. The number of carbonyl (C=O) groups is 2. The van der Waals surface area contributed by atoms with E-state index in [-0.39, 0.29) is 5.02 Å². The summed E-state index contributed by atoms with van der Waals surface area (Å²) in [7, 11) is 0. The number of rotatable bonds is 6. The van der Waals surface area contributed by atoms with Gasteiger partial charge in [-0.05, 0) is 59.8 Å². The summed E-state index contributed by atoms with van der Waals surface area (Å²) in [6, 6.07) is 11.9. The molecule has 0 radical (unpaired) electrons. The molecular weight excluding hydrogens is 480 g/mol. The van der Waals surface area contributed by atoms with Crippen LogP contribution in [0.15, 0.2) is 42.5 Å². The lowest BCUT2D eigenvalue weighted by atomic mass is 10.3. The Morgan fingerprint density at radius 2 is 1.92 bits per heavy atom. The van der Waals surface area contributed by atoms with E-state index in [1.807, 2.05) is 12.1 Å². The first-order valence-electron chi connectivity index (χ1n) is 7.19. The smallest absolute Gasteiger partial charge is 0.347 e. The summed E-state index contributed by atoms with van der Waals surface area (Å²) < 4.78 is 11.3. The lowest BCUT2D eigenvalue weighted by Crippen LogP contribution is -2.30. The van der Waals surface area contributed by atoms with Crippen molar-refractivity contribution in [1.29, 1.82) is 0 Å². The Balaban J connectivity index is 1.84. The SMILES string of the molecule is CC(Oc1ccc(Cl)cc1Cl)C(=O)OCC(=O)Nc1ccccc1I. The molecule has 0 aliphatic carbocycles. The zero-order valence-corrected chi connectivity index (χ0v) is 16.8. The number of hydrogen-bond acceptors (Lipinski definition) is 4. The Hall–Kier alpha value is -1.51. The van der Waals surface area contributed by atoms with Crippen molar-refractivity contribution in [3.05, 3.63) is 56.1 Å². The highest BCUT2D eigenvalue weighted by atomic mass is 127. The van der Waals surface area contributed by atoms with Crippen molar-refractivity contribution < 1.29 is 19.1 Å². The van der Waals surface area contributed by atoms with Gasteiger partial charge in [0, 0.05) is 8.59 Å². The third kappa shape index (κ3) is 6.05. The minimum atomic E-state index is -0.927. The van der Waals surface area contributed by atoms with E-state index < -0.39 is 24.6 Å². The lowest BCUT2D eigenvalue weighted by molar-refractivity contribution is -0.153. The van der Waals surface area contributed by atoms with E-state index in [1.165, 1.54) is 13.0 Å². The molecule has 1 unspecified atom stereocenters. The maximum atomic E-state index is 12.0. The van der Waals surface area contributed by atoms with Gasteiger partial charge in [-0.25, -0.2) is 4.79 Å². The monoisotopic (exact) mass is 493 g/mol. The second-order valence-corrected chi connectivity index (χ2v) is 6.98. The minimum absolute atomic E-state index is 0.281. The maximum absolute atomic E-state index is 12.0. The highest BCUT2D eigenvalue weighted by molar-refractivity contribution is 14.1. The molecule has 5 nitrogen and oxygen atoms in total. The predicted molar refractivity (Wildman–Crippen MR) is 105 cm³/mol. The molecule has 0 saturated carbocycles. The van der Waals surface area contributed by atoms with Gasteiger partial charge < -0.3 is 14.8 Å². The molecule has 0 saturated heterocycles. The highest BCUT2D eigenvalue weighted by Crippen LogP contribution is 2.28. The molecule has 0 aliphatic rings. The quantitative estimate of drug-likeness (QED) is 0.473. The van der Waals surface area contributed by atoms with Gasteiger partial charge in [0.1, 0.15) is 5.75 Å². The molecular formula is C17H14Cl2INO4. The van der Waals surface area contributed by atoms with E-state index in [1.54, 1.807) is 24.3 Å². The topological polar surface area (TPSA) is 64.6 Å². The fourth-order valence-electron chi connectivity index (χ4n) is 1.81. The molecule has 0 fully saturated rings. The van der Waals surface area contributed by atoms with E-state index in [2.05, 4.69) is 27.9 Å². The van der Waals surface area contributed by atoms with Crippen LogP contribution >= 0.6 is 45.8 Å². The van der Waals surface area contributed by atoms with Crippen LogP contribution in [0.2, 0.25) is 10.0 Å². The number of halogens is 3. The number of ether oxygens (including phenoxy) is 2. The summed E-state index contributed by atoms with van der Waals surface area (Å²) >= 11 is 13.9. The molecule has 0 aliphatic heterocycles. The van der Waals surface area contributed by atoms with Gasteiger partial charge in [-0.3, -0.25) is 4.79 Å². The number of carbonyl (C=O) groups excluding carboxylic acids is 2. The van der Waals surface area contributed by atoms with Crippen LogP contribution in [0.25, 0.3) is 0 Å². The second-order valence-electron chi connectivity index (χ2n) is 4.97. The van der Waals surface area contributed by atoms with Crippen LogP contribution in [0.1, 0.15) is 6.92 Å². The van der Waals surface area contributed by atoms with Crippen LogP contribution in [-0.4, -0.2) is 24.6 Å². The third-order valence-electron chi connectivity index (χ3n) is 3.02. The fraction of sp³-hybridized carbons (Fsp3) is 0.176. The van der Waals surface area contributed by atoms with Crippen LogP contribution in [0.4, 0.5) is 5.69 Å². The first kappa shape index (κ1) is 19.8. The molecule has 0 spiro atoms. The maximum Gasteiger partial charge on any atom is 0.347 e. The van der Waals surface area contributed by atoms with Crippen molar-refractivity contribution in [2.24, 2.45) is 0 Å². The molecule has 2 rings (SSSR count). The Bertz CT molecular complexity index is 785. The van der Waals surface area contributed by atoms with Gasteiger partial charge >= 0.3 is 5.97 Å². The van der Waals surface area contributed by atoms with Gasteiger partial charge in [0.25, 0.3) is 5.91 Å². The largest absolute Gasteiger partial charge is 0.477 e. The summed E-state index contributed by atoms with van der Waals surface area (Å²) in [6.07, 6.45) is -0.927. The summed E-state index contributed by atoms with van der Waals surface area (Å²) in [5.41, 5.74) is 0.654. The number of hydrogen-bond donors (Lipinski definition) is 1. The van der Waals surface area contributed by atoms with Crippen molar-refractivity contribution in [3.8, 4) is 5.75 Å². The number of amides is 1. The van der Waals surface area contributed by atoms with Gasteiger partial charge in [0.2, 0.25) is 0 Å². The molecule has 0 bridgehead atoms. The fourth-order valence-corrected chi connectivity index (χ4v) is 2.79. The van der Waals surface area contributed by atoms with E-state index in [9.17, 15) is 9.59 Å². The van der Waals surface area contributed by atoms with E-state index >= 15 is 0 Å². The number of esters is 1. The number of benzene rings is 2. The molecule has 1 N–H and O–H groups in total. The average Bonchev–Trinajstić information content (AvgIpc) is 2.57. The normalized spacial score (nSPS) is 11.5. The van der Waals surface area contributed by atoms with Gasteiger partial charge in [-0.15, -0.1) is 0 Å². The average molecular weight is 494 g/mol. The van der Waals surface area contributed by atoms with Gasteiger partial charge in [0.05, 0.1) is 10.7 Å². The van der Waals surface area contributed by atoms with Crippen molar-refractivity contribution in [3.63, 3.8) is 0 Å². The van der Waals surface area contributed by atoms with Crippen molar-refractivity contribution in [2.45, 2.75) is 13.0 Å². The summed E-state index contributed by atoms with van der Waals surface area (Å²) in [4.78, 5) is 23.8. The molecule has 1 amide bonds. The molecule has 2 aromatic rings. The van der Waals surface area contributed by atoms with Crippen LogP contribution in [-0.2, 0) is 14.3 Å². The third-order valence-corrected chi connectivity index (χ3v) is 4.49. The van der Waals surface area contributed by atoms with E-state index in [0.29, 0.717) is 16.5 Å². The first-order chi connectivity index (χ1) is 11.9. The number of anilines is 1. The number of nitrogens with one attached hydrogen (secondary N) is 1. The van der Waals surface area contributed by atoms with Crippen molar-refractivity contribution in [1.82, 2.24) is 0 Å². The summed E-state index contributed by atoms with van der Waals surface area (Å²) in [6.45, 7) is 1.09. The predicted octanol–water partition coefficient (Wildman–Crippen LogP) is 4.55. The van der Waals surface area contributed by atoms with Crippen molar-refractivity contribution in [2.75, 3.05) is 11.9 Å². The van der Waals surface area contributed by atoms with Crippen LogP contribution in [0, 0.1) is 3.57 Å². The zero-order chi connectivity index (χ0) is 18.4. The van der Waals surface area contributed by atoms with Crippen LogP contribution in [0.5, 0.6) is 5.75 Å². The van der Waals surface area contributed by atoms with Crippen LogP contribution in [0.3, 0.4) is 0 Å². The standard InChI is InChI=1S/C17H14Cl2INO4/c1-10(25-15-7-6-11(18)8-12(15)19)17(23)24-9-16(22)21-14-5-3-2-4-13(14)20/h2-8,10H,9H2,1H3,(H,21,22). The molecule has 132 valence electrons. The summed E-state index contributed by atoms with van der Waals surface area (Å²) in [5, 5.41) is 3.41. The first-order valence-corrected chi connectivity index (χ1v) is 9.03. The highest BCUT2D eigenvalue weighted by Gasteiger charge is 2.19. The molecule has 25 heavy (non-hydrogen) atoms. The van der Waals surface area contributed by atoms with E-state index in [4.69, 9.17) is 32.7 Å². The Morgan fingerprint density at radius 3 is 2.60 bits per heavy atom.